The molecule has 2 unspecified atom stereocenters. The SMILES string of the molecule is CC(Oc1ccc(C#N)cc1)C(=O)N1CCCCC1C1OCCO1. The summed E-state index contributed by atoms with van der Waals surface area (Å²) in [5.74, 6) is 0.528. The number of nitriles is 1. The average molecular weight is 330 g/mol. The second-order valence-corrected chi connectivity index (χ2v) is 6.10. The Labute approximate surface area is 141 Å². The van der Waals surface area contributed by atoms with Gasteiger partial charge in [0.2, 0.25) is 0 Å². The minimum Gasteiger partial charge on any atom is -0.481 e. The van der Waals surface area contributed by atoms with Gasteiger partial charge in [0, 0.05) is 6.54 Å². The molecule has 0 aromatic heterocycles. The predicted molar refractivity (Wildman–Crippen MR) is 86.3 cm³/mol. The molecule has 3 rings (SSSR count). The van der Waals surface area contributed by atoms with Crippen LogP contribution < -0.4 is 4.74 Å². The van der Waals surface area contributed by atoms with Gasteiger partial charge in [0.15, 0.2) is 12.4 Å². The van der Waals surface area contributed by atoms with Crippen molar-refractivity contribution in [1.29, 1.82) is 5.26 Å². The van der Waals surface area contributed by atoms with E-state index in [1.807, 2.05) is 4.90 Å². The number of ether oxygens (including phenoxy) is 3. The lowest BCUT2D eigenvalue weighted by molar-refractivity contribution is -0.156. The first-order valence-corrected chi connectivity index (χ1v) is 8.39. The van der Waals surface area contributed by atoms with E-state index in [9.17, 15) is 4.79 Å². The topological polar surface area (TPSA) is 71.8 Å². The van der Waals surface area contributed by atoms with Gasteiger partial charge in [0.05, 0.1) is 30.9 Å². The number of likely N-dealkylation sites (tertiary alicyclic amines) is 1. The van der Waals surface area contributed by atoms with Crippen LogP contribution in [0, 0.1) is 11.3 Å². The number of benzene rings is 1. The van der Waals surface area contributed by atoms with Crippen LogP contribution in [0.1, 0.15) is 31.7 Å². The summed E-state index contributed by atoms with van der Waals surface area (Å²) in [6.45, 7) is 3.62. The van der Waals surface area contributed by atoms with Crippen molar-refractivity contribution in [3.63, 3.8) is 0 Å². The smallest absolute Gasteiger partial charge is 0.263 e. The van der Waals surface area contributed by atoms with Crippen molar-refractivity contribution in [2.24, 2.45) is 0 Å². The van der Waals surface area contributed by atoms with Crippen LogP contribution in [-0.2, 0) is 14.3 Å². The first-order valence-electron chi connectivity index (χ1n) is 8.39. The van der Waals surface area contributed by atoms with E-state index in [0.29, 0.717) is 31.1 Å². The molecular formula is C18H22N2O4. The van der Waals surface area contributed by atoms with Gasteiger partial charge in [-0.05, 0) is 50.5 Å². The fraction of sp³-hybridized carbons (Fsp3) is 0.556. The highest BCUT2D eigenvalue weighted by Crippen LogP contribution is 2.25. The molecule has 1 aromatic carbocycles. The molecule has 0 radical (unpaired) electrons. The molecule has 128 valence electrons. The summed E-state index contributed by atoms with van der Waals surface area (Å²) in [5, 5.41) is 8.83. The number of amides is 1. The van der Waals surface area contributed by atoms with Crippen LogP contribution in [-0.4, -0.2) is 49.0 Å². The molecular weight excluding hydrogens is 308 g/mol. The molecule has 0 spiro atoms. The molecule has 2 fully saturated rings. The number of piperidine rings is 1. The van der Waals surface area contributed by atoms with Gasteiger partial charge in [-0.25, -0.2) is 0 Å². The Hall–Kier alpha value is -2.10. The van der Waals surface area contributed by atoms with Crippen molar-refractivity contribution in [1.82, 2.24) is 4.90 Å². The largest absolute Gasteiger partial charge is 0.481 e. The van der Waals surface area contributed by atoms with Crippen LogP contribution in [0.4, 0.5) is 0 Å². The molecule has 2 saturated heterocycles. The molecule has 0 bridgehead atoms. The van der Waals surface area contributed by atoms with E-state index in [0.717, 1.165) is 19.3 Å². The van der Waals surface area contributed by atoms with Crippen molar-refractivity contribution >= 4 is 5.91 Å². The zero-order chi connectivity index (χ0) is 16.9. The normalized spacial score (nSPS) is 22.8. The van der Waals surface area contributed by atoms with E-state index < -0.39 is 6.10 Å². The van der Waals surface area contributed by atoms with Gasteiger partial charge in [-0.15, -0.1) is 0 Å². The summed E-state index contributed by atoms with van der Waals surface area (Å²) in [5.41, 5.74) is 0.563. The Bertz CT molecular complexity index is 604. The summed E-state index contributed by atoms with van der Waals surface area (Å²) in [7, 11) is 0. The Morgan fingerprint density at radius 1 is 1.29 bits per heavy atom. The summed E-state index contributed by atoms with van der Waals surface area (Å²) in [6, 6.07) is 8.79. The van der Waals surface area contributed by atoms with Crippen LogP contribution in [0.15, 0.2) is 24.3 Å². The zero-order valence-corrected chi connectivity index (χ0v) is 13.8. The van der Waals surface area contributed by atoms with Gasteiger partial charge in [-0.2, -0.15) is 5.26 Å². The minimum absolute atomic E-state index is 0.0410. The van der Waals surface area contributed by atoms with Crippen LogP contribution in [0.3, 0.4) is 0 Å². The third kappa shape index (κ3) is 3.69. The fourth-order valence-corrected chi connectivity index (χ4v) is 3.21. The summed E-state index contributed by atoms with van der Waals surface area (Å²) in [6.07, 6.45) is 2.03. The molecule has 2 aliphatic heterocycles. The predicted octanol–water partition coefficient (Wildman–Crippen LogP) is 2.08. The number of carbonyl (C=O) groups excluding carboxylic acids is 1. The first-order chi connectivity index (χ1) is 11.7. The van der Waals surface area contributed by atoms with Gasteiger partial charge < -0.3 is 19.1 Å². The third-order valence-corrected chi connectivity index (χ3v) is 4.44. The van der Waals surface area contributed by atoms with Crippen molar-refractivity contribution in [2.45, 2.75) is 44.6 Å². The monoisotopic (exact) mass is 330 g/mol. The maximum atomic E-state index is 12.8. The molecule has 2 atom stereocenters. The number of nitrogens with zero attached hydrogens (tertiary/aromatic N) is 2. The zero-order valence-electron chi connectivity index (χ0n) is 13.8. The van der Waals surface area contributed by atoms with E-state index in [2.05, 4.69) is 6.07 Å². The minimum atomic E-state index is -0.597. The summed E-state index contributed by atoms with van der Waals surface area (Å²) >= 11 is 0. The highest BCUT2D eigenvalue weighted by Gasteiger charge is 2.38. The number of rotatable bonds is 4. The highest BCUT2D eigenvalue weighted by atomic mass is 16.7. The molecule has 0 saturated carbocycles. The summed E-state index contributed by atoms with van der Waals surface area (Å²) in [4.78, 5) is 14.7. The highest BCUT2D eigenvalue weighted by molar-refractivity contribution is 5.81. The van der Waals surface area contributed by atoms with E-state index in [1.54, 1.807) is 31.2 Å². The Kier molecular flexibility index (Phi) is 5.34. The van der Waals surface area contributed by atoms with Crippen LogP contribution in [0.2, 0.25) is 0 Å². The number of hydrogen-bond acceptors (Lipinski definition) is 5. The standard InChI is InChI=1S/C18H22N2O4/c1-13(24-15-7-5-14(12-19)6-8-15)17(21)20-9-3-2-4-16(20)18-22-10-11-23-18/h5-8,13,16,18H,2-4,9-11H2,1H3. The maximum Gasteiger partial charge on any atom is 0.263 e. The van der Waals surface area contributed by atoms with Crippen molar-refractivity contribution in [3.8, 4) is 11.8 Å². The second-order valence-electron chi connectivity index (χ2n) is 6.10. The number of carbonyl (C=O) groups is 1. The van der Waals surface area contributed by atoms with Gasteiger partial charge in [0.1, 0.15) is 5.75 Å². The molecule has 0 N–H and O–H groups in total. The molecule has 1 amide bonds. The van der Waals surface area contributed by atoms with Crippen molar-refractivity contribution in [2.75, 3.05) is 19.8 Å². The van der Waals surface area contributed by atoms with Crippen LogP contribution in [0.25, 0.3) is 0 Å². The average Bonchev–Trinajstić information content (AvgIpc) is 3.16. The lowest BCUT2D eigenvalue weighted by Crippen LogP contribution is -2.53. The fourth-order valence-electron chi connectivity index (χ4n) is 3.21. The second kappa shape index (κ2) is 7.65. The summed E-state index contributed by atoms with van der Waals surface area (Å²) < 4.78 is 17.0. The van der Waals surface area contributed by atoms with E-state index in [4.69, 9.17) is 19.5 Å². The van der Waals surface area contributed by atoms with Gasteiger partial charge in [0.25, 0.3) is 5.91 Å². The third-order valence-electron chi connectivity index (χ3n) is 4.44. The van der Waals surface area contributed by atoms with E-state index >= 15 is 0 Å². The molecule has 6 nitrogen and oxygen atoms in total. The van der Waals surface area contributed by atoms with E-state index in [1.165, 1.54) is 0 Å². The molecule has 1 aromatic rings. The van der Waals surface area contributed by atoms with Crippen LogP contribution >= 0.6 is 0 Å². The lowest BCUT2D eigenvalue weighted by atomic mass is 10.0. The molecule has 6 heteroatoms. The Balaban J connectivity index is 1.65. The van der Waals surface area contributed by atoms with Crippen molar-refractivity contribution < 1.29 is 19.0 Å². The maximum absolute atomic E-state index is 12.8. The first kappa shape index (κ1) is 16.7. The van der Waals surface area contributed by atoms with Gasteiger partial charge >= 0.3 is 0 Å². The molecule has 2 aliphatic rings. The van der Waals surface area contributed by atoms with E-state index in [-0.39, 0.29) is 18.2 Å². The Morgan fingerprint density at radius 3 is 2.67 bits per heavy atom. The van der Waals surface area contributed by atoms with Crippen molar-refractivity contribution in [3.05, 3.63) is 29.8 Å². The van der Waals surface area contributed by atoms with Gasteiger partial charge in [-0.1, -0.05) is 0 Å². The molecule has 0 aliphatic carbocycles. The molecule has 24 heavy (non-hydrogen) atoms. The number of hydrogen-bond donors (Lipinski definition) is 0. The Morgan fingerprint density at radius 2 is 2.00 bits per heavy atom. The molecule has 2 heterocycles. The van der Waals surface area contributed by atoms with Gasteiger partial charge in [-0.3, -0.25) is 4.79 Å². The quantitative estimate of drug-likeness (QED) is 0.845. The lowest BCUT2D eigenvalue weighted by Gasteiger charge is -2.39. The van der Waals surface area contributed by atoms with Crippen LogP contribution in [0.5, 0.6) is 5.75 Å².